The molecule has 1 N–H and O–H groups in total. The lowest BCUT2D eigenvalue weighted by Gasteiger charge is -2.15. The van der Waals surface area contributed by atoms with Gasteiger partial charge in [0.2, 0.25) is 0 Å². The molecule has 0 saturated carbocycles. The van der Waals surface area contributed by atoms with E-state index in [1.165, 1.54) is 13.0 Å². The van der Waals surface area contributed by atoms with Crippen molar-refractivity contribution in [1.29, 1.82) is 0 Å². The second-order valence-corrected chi connectivity index (χ2v) is 6.71. The zero-order valence-electron chi connectivity index (χ0n) is 15.3. The van der Waals surface area contributed by atoms with E-state index in [9.17, 15) is 19.2 Å². The normalized spacial score (nSPS) is 16.3. The molecule has 1 aliphatic heterocycles. The average molecular weight is 410 g/mol. The molecule has 0 fully saturated rings. The SMILES string of the molecule is CC1=CC(=O)[C@H](C(=O)/C=C/c2cccc(NC(=O)c3ccccc3Cl)c2)C(=O)O1. The van der Waals surface area contributed by atoms with Crippen molar-refractivity contribution in [3.05, 3.63) is 82.6 Å². The van der Waals surface area contributed by atoms with Crippen LogP contribution < -0.4 is 5.32 Å². The zero-order valence-corrected chi connectivity index (χ0v) is 16.1. The van der Waals surface area contributed by atoms with E-state index in [2.05, 4.69) is 5.32 Å². The number of benzene rings is 2. The van der Waals surface area contributed by atoms with Crippen molar-refractivity contribution in [1.82, 2.24) is 0 Å². The summed E-state index contributed by atoms with van der Waals surface area (Å²) in [7, 11) is 0. The minimum Gasteiger partial charge on any atom is -0.430 e. The number of amides is 1. The van der Waals surface area contributed by atoms with Gasteiger partial charge in [-0.25, -0.2) is 0 Å². The van der Waals surface area contributed by atoms with Crippen LogP contribution in [-0.2, 0) is 19.1 Å². The first kappa shape index (κ1) is 20.2. The topological polar surface area (TPSA) is 89.5 Å². The molecule has 1 amide bonds. The Balaban J connectivity index is 1.72. The number of nitrogens with one attached hydrogen (secondary N) is 1. The maximum absolute atomic E-state index is 12.4. The number of anilines is 1. The van der Waals surface area contributed by atoms with Gasteiger partial charge in [0.1, 0.15) is 5.76 Å². The van der Waals surface area contributed by atoms with Gasteiger partial charge >= 0.3 is 5.97 Å². The van der Waals surface area contributed by atoms with E-state index >= 15 is 0 Å². The lowest BCUT2D eigenvalue weighted by atomic mass is 9.96. The maximum atomic E-state index is 12.4. The lowest BCUT2D eigenvalue weighted by Crippen LogP contribution is -2.34. The fraction of sp³-hybridized carbons (Fsp3) is 0.0909. The summed E-state index contributed by atoms with van der Waals surface area (Å²) < 4.78 is 4.85. The van der Waals surface area contributed by atoms with Gasteiger partial charge in [-0.05, 0) is 42.8 Å². The number of allylic oxidation sites excluding steroid dienone is 3. The summed E-state index contributed by atoms with van der Waals surface area (Å²) in [6.07, 6.45) is 3.73. The number of esters is 1. The third-order valence-corrected chi connectivity index (χ3v) is 4.44. The molecule has 6 nitrogen and oxygen atoms in total. The fourth-order valence-electron chi connectivity index (χ4n) is 2.74. The van der Waals surface area contributed by atoms with E-state index in [4.69, 9.17) is 16.3 Å². The maximum Gasteiger partial charge on any atom is 0.329 e. The minimum atomic E-state index is -1.49. The highest BCUT2D eigenvalue weighted by Crippen LogP contribution is 2.19. The summed E-state index contributed by atoms with van der Waals surface area (Å²) in [4.78, 5) is 48.3. The molecule has 1 heterocycles. The van der Waals surface area contributed by atoms with Gasteiger partial charge in [0.25, 0.3) is 5.91 Å². The molecule has 7 heteroatoms. The molecule has 0 radical (unpaired) electrons. The molecule has 1 aliphatic rings. The van der Waals surface area contributed by atoms with Gasteiger partial charge in [0.15, 0.2) is 17.5 Å². The minimum absolute atomic E-state index is 0.162. The smallest absolute Gasteiger partial charge is 0.329 e. The Morgan fingerprint density at radius 3 is 2.59 bits per heavy atom. The van der Waals surface area contributed by atoms with Crippen molar-refractivity contribution < 1.29 is 23.9 Å². The van der Waals surface area contributed by atoms with Gasteiger partial charge in [0.05, 0.1) is 10.6 Å². The Bertz CT molecular complexity index is 1070. The number of carbonyl (C=O) groups is 4. The first-order chi connectivity index (χ1) is 13.8. The van der Waals surface area contributed by atoms with Gasteiger partial charge in [-0.3, -0.25) is 19.2 Å². The Hall–Kier alpha value is -3.51. The summed E-state index contributed by atoms with van der Waals surface area (Å²) in [5.74, 6) is -3.85. The second-order valence-electron chi connectivity index (χ2n) is 6.31. The number of halogens is 1. The van der Waals surface area contributed by atoms with E-state index in [0.717, 1.165) is 12.2 Å². The van der Waals surface area contributed by atoms with Gasteiger partial charge in [0, 0.05) is 11.8 Å². The van der Waals surface area contributed by atoms with Crippen molar-refractivity contribution in [2.75, 3.05) is 5.32 Å². The summed E-state index contributed by atoms with van der Waals surface area (Å²) in [6.45, 7) is 1.47. The van der Waals surface area contributed by atoms with Gasteiger partial charge in [-0.15, -0.1) is 0 Å². The quantitative estimate of drug-likeness (QED) is 0.460. The largest absolute Gasteiger partial charge is 0.430 e. The molecule has 0 saturated heterocycles. The highest BCUT2D eigenvalue weighted by atomic mass is 35.5. The van der Waals surface area contributed by atoms with Crippen molar-refractivity contribution in [2.24, 2.45) is 5.92 Å². The number of hydrogen-bond acceptors (Lipinski definition) is 5. The van der Waals surface area contributed by atoms with Crippen molar-refractivity contribution in [2.45, 2.75) is 6.92 Å². The molecule has 0 aromatic heterocycles. The predicted octanol–water partition coefficient (Wildman–Crippen LogP) is 3.82. The Kier molecular flexibility index (Phi) is 6.04. The van der Waals surface area contributed by atoms with E-state index in [1.54, 1.807) is 48.5 Å². The van der Waals surface area contributed by atoms with Crippen molar-refractivity contribution in [3.8, 4) is 0 Å². The number of ketones is 2. The van der Waals surface area contributed by atoms with E-state index in [0.29, 0.717) is 21.8 Å². The van der Waals surface area contributed by atoms with E-state index in [-0.39, 0.29) is 11.7 Å². The number of cyclic esters (lactones) is 1. The van der Waals surface area contributed by atoms with Crippen molar-refractivity contribution in [3.63, 3.8) is 0 Å². The van der Waals surface area contributed by atoms with Crippen LogP contribution in [0.4, 0.5) is 5.69 Å². The summed E-state index contributed by atoms with van der Waals surface area (Å²) in [5.41, 5.74) is 1.43. The Labute approximate surface area is 171 Å². The number of hydrogen-bond donors (Lipinski definition) is 1. The van der Waals surface area contributed by atoms with Crippen LogP contribution in [0, 0.1) is 5.92 Å². The van der Waals surface area contributed by atoms with E-state index in [1.807, 2.05) is 0 Å². The van der Waals surface area contributed by atoms with Crippen molar-refractivity contribution >= 4 is 46.8 Å². The van der Waals surface area contributed by atoms with E-state index < -0.39 is 23.5 Å². The third-order valence-electron chi connectivity index (χ3n) is 4.11. The van der Waals surface area contributed by atoms with Crippen LogP contribution in [-0.4, -0.2) is 23.4 Å². The van der Waals surface area contributed by atoms with Crippen LogP contribution in [0.25, 0.3) is 6.08 Å². The molecule has 0 aliphatic carbocycles. The Morgan fingerprint density at radius 1 is 1.10 bits per heavy atom. The van der Waals surface area contributed by atoms with Gasteiger partial charge in [-0.1, -0.05) is 41.9 Å². The van der Waals surface area contributed by atoms with Crippen LogP contribution in [0.1, 0.15) is 22.8 Å². The molecule has 2 aromatic carbocycles. The van der Waals surface area contributed by atoms with Crippen LogP contribution in [0.2, 0.25) is 5.02 Å². The molecular formula is C22H16ClNO5. The number of carbonyl (C=O) groups excluding carboxylic acids is 4. The average Bonchev–Trinajstić information content (AvgIpc) is 2.66. The summed E-state index contributed by atoms with van der Waals surface area (Å²) >= 11 is 6.03. The van der Waals surface area contributed by atoms with Gasteiger partial charge < -0.3 is 10.1 Å². The lowest BCUT2D eigenvalue weighted by molar-refractivity contribution is -0.151. The highest BCUT2D eigenvalue weighted by molar-refractivity contribution is 6.34. The predicted molar refractivity (Wildman–Crippen MR) is 108 cm³/mol. The first-order valence-corrected chi connectivity index (χ1v) is 9.04. The number of rotatable bonds is 5. The third kappa shape index (κ3) is 4.86. The summed E-state index contributed by atoms with van der Waals surface area (Å²) in [5, 5.41) is 3.06. The second kappa shape index (κ2) is 8.67. The summed E-state index contributed by atoms with van der Waals surface area (Å²) in [6, 6.07) is 13.4. The zero-order chi connectivity index (χ0) is 21.0. The molecule has 3 rings (SSSR count). The number of ether oxygens (including phenoxy) is 1. The molecule has 2 aromatic rings. The van der Waals surface area contributed by atoms with Crippen LogP contribution in [0.15, 0.2) is 66.4 Å². The standard InChI is InChI=1S/C22H16ClNO5/c1-13-11-19(26)20(22(28)29-13)18(25)10-9-14-5-4-6-15(12-14)24-21(27)16-7-2-3-8-17(16)23/h2-12,20H,1H3,(H,24,27)/b10-9+/t20-/m0/s1. The van der Waals surface area contributed by atoms with Crippen LogP contribution >= 0.6 is 11.6 Å². The Morgan fingerprint density at radius 2 is 1.86 bits per heavy atom. The van der Waals surface area contributed by atoms with Crippen LogP contribution in [0.3, 0.4) is 0 Å². The molecule has 1 atom stereocenters. The highest BCUT2D eigenvalue weighted by Gasteiger charge is 2.36. The molecule has 146 valence electrons. The first-order valence-electron chi connectivity index (χ1n) is 8.67. The monoisotopic (exact) mass is 409 g/mol. The molecule has 0 spiro atoms. The molecule has 0 unspecified atom stereocenters. The van der Waals surface area contributed by atoms with Gasteiger partial charge in [-0.2, -0.15) is 0 Å². The molecule has 0 bridgehead atoms. The molecule has 29 heavy (non-hydrogen) atoms. The van der Waals surface area contributed by atoms with Crippen LogP contribution in [0.5, 0.6) is 0 Å². The fourth-order valence-corrected chi connectivity index (χ4v) is 2.96. The molecular weight excluding hydrogens is 394 g/mol.